The average Bonchev–Trinajstić information content (AvgIpc) is 2.14. The second-order valence-electron chi connectivity index (χ2n) is 2.49. The van der Waals surface area contributed by atoms with Crippen LogP contribution in [0.1, 0.15) is 15.9 Å². The van der Waals surface area contributed by atoms with Crippen molar-refractivity contribution in [3.05, 3.63) is 34.3 Å². The van der Waals surface area contributed by atoms with E-state index in [1.54, 1.807) is 0 Å². The number of hydrogen-bond donors (Lipinski definition) is 2. The van der Waals surface area contributed by atoms with E-state index in [4.69, 9.17) is 21.8 Å². The molecule has 0 aliphatic carbocycles. The quantitative estimate of drug-likeness (QED) is 0.689. The van der Waals surface area contributed by atoms with E-state index in [1.165, 1.54) is 18.2 Å². The number of benzene rings is 1. The molecule has 0 saturated carbocycles. The van der Waals surface area contributed by atoms with Crippen LogP contribution < -0.4 is 0 Å². The number of aliphatic hydroxyl groups excluding tert-OH is 1. The zero-order chi connectivity index (χ0) is 10.6. The molecular formula is C10H7ClO3. The van der Waals surface area contributed by atoms with Crippen molar-refractivity contribution in [3.63, 3.8) is 0 Å². The largest absolute Gasteiger partial charge is 0.478 e. The molecule has 0 radical (unpaired) electrons. The zero-order valence-corrected chi connectivity index (χ0v) is 7.88. The van der Waals surface area contributed by atoms with E-state index in [2.05, 4.69) is 11.8 Å². The number of carboxylic acid groups (broad SMARTS) is 1. The second-order valence-corrected chi connectivity index (χ2v) is 2.93. The lowest BCUT2D eigenvalue weighted by molar-refractivity contribution is 0.0697. The number of aliphatic hydroxyl groups is 1. The Labute approximate surface area is 85.9 Å². The summed E-state index contributed by atoms with van der Waals surface area (Å²) in [6, 6.07) is 4.28. The van der Waals surface area contributed by atoms with Gasteiger partial charge in [0.05, 0.1) is 5.56 Å². The molecule has 1 aromatic rings. The highest BCUT2D eigenvalue weighted by Crippen LogP contribution is 2.14. The van der Waals surface area contributed by atoms with Gasteiger partial charge in [-0.2, -0.15) is 0 Å². The van der Waals surface area contributed by atoms with Gasteiger partial charge in [-0.1, -0.05) is 23.4 Å². The molecule has 0 fully saturated rings. The van der Waals surface area contributed by atoms with Crippen LogP contribution in [-0.4, -0.2) is 22.8 Å². The van der Waals surface area contributed by atoms with Crippen molar-refractivity contribution in [3.8, 4) is 11.8 Å². The summed E-state index contributed by atoms with van der Waals surface area (Å²) in [5.74, 6) is 3.94. The Bertz CT molecular complexity index is 415. The first-order valence-electron chi connectivity index (χ1n) is 3.77. The molecule has 0 amide bonds. The number of carbonyl (C=O) groups is 1. The van der Waals surface area contributed by atoms with Gasteiger partial charge in [0, 0.05) is 10.6 Å². The van der Waals surface area contributed by atoms with Crippen LogP contribution in [0.5, 0.6) is 0 Å². The van der Waals surface area contributed by atoms with Crippen LogP contribution in [0.4, 0.5) is 0 Å². The molecule has 72 valence electrons. The molecule has 0 unspecified atom stereocenters. The van der Waals surface area contributed by atoms with Gasteiger partial charge < -0.3 is 10.2 Å². The van der Waals surface area contributed by atoms with Gasteiger partial charge in [0.15, 0.2) is 0 Å². The van der Waals surface area contributed by atoms with Gasteiger partial charge in [-0.15, -0.1) is 0 Å². The van der Waals surface area contributed by atoms with Gasteiger partial charge in [-0.25, -0.2) is 4.79 Å². The molecule has 0 aromatic heterocycles. The average molecular weight is 211 g/mol. The summed E-state index contributed by atoms with van der Waals surface area (Å²) in [4.78, 5) is 10.6. The molecule has 14 heavy (non-hydrogen) atoms. The van der Waals surface area contributed by atoms with Crippen LogP contribution >= 0.6 is 11.6 Å². The molecule has 0 spiro atoms. The Kier molecular flexibility index (Phi) is 3.52. The lowest BCUT2D eigenvalue weighted by Crippen LogP contribution is -1.96. The van der Waals surface area contributed by atoms with E-state index in [9.17, 15) is 4.79 Å². The molecule has 4 heteroatoms. The van der Waals surface area contributed by atoms with E-state index in [0.717, 1.165) is 0 Å². The second kappa shape index (κ2) is 4.66. The van der Waals surface area contributed by atoms with E-state index in [-0.39, 0.29) is 12.2 Å². The molecule has 1 aromatic carbocycles. The number of aromatic carboxylic acids is 1. The zero-order valence-electron chi connectivity index (χ0n) is 7.12. The third-order valence-corrected chi connectivity index (χ3v) is 1.67. The third-order valence-electron chi connectivity index (χ3n) is 1.46. The van der Waals surface area contributed by atoms with Crippen LogP contribution in [0.15, 0.2) is 18.2 Å². The summed E-state index contributed by atoms with van der Waals surface area (Å²) in [5, 5.41) is 17.5. The van der Waals surface area contributed by atoms with Crippen molar-refractivity contribution in [2.45, 2.75) is 0 Å². The molecule has 0 aliphatic rings. The highest BCUT2D eigenvalue weighted by Gasteiger charge is 2.04. The summed E-state index contributed by atoms with van der Waals surface area (Å²) in [7, 11) is 0. The smallest absolute Gasteiger partial charge is 0.335 e. The highest BCUT2D eigenvalue weighted by molar-refractivity contribution is 6.31. The maximum atomic E-state index is 10.6. The van der Waals surface area contributed by atoms with E-state index in [1.807, 2.05) is 0 Å². The summed E-state index contributed by atoms with van der Waals surface area (Å²) in [5.41, 5.74) is 0.559. The van der Waals surface area contributed by atoms with Crippen LogP contribution in [0.25, 0.3) is 0 Å². The van der Waals surface area contributed by atoms with Crippen LogP contribution in [0.3, 0.4) is 0 Å². The molecule has 0 heterocycles. The maximum Gasteiger partial charge on any atom is 0.335 e. The predicted molar refractivity (Wildman–Crippen MR) is 52.4 cm³/mol. The Morgan fingerprint density at radius 1 is 1.43 bits per heavy atom. The molecule has 3 nitrogen and oxygen atoms in total. The molecule has 0 saturated heterocycles. The highest BCUT2D eigenvalue weighted by atomic mass is 35.5. The lowest BCUT2D eigenvalue weighted by Gasteiger charge is -1.97. The van der Waals surface area contributed by atoms with Gasteiger partial charge in [-0.05, 0) is 18.2 Å². The maximum absolute atomic E-state index is 10.6. The Balaban J connectivity index is 3.13. The summed E-state index contributed by atoms with van der Waals surface area (Å²) < 4.78 is 0. The number of carboxylic acids is 1. The first kappa shape index (κ1) is 10.6. The van der Waals surface area contributed by atoms with Gasteiger partial charge >= 0.3 is 5.97 Å². The molecular weight excluding hydrogens is 204 g/mol. The summed E-state index contributed by atoms with van der Waals surface area (Å²) >= 11 is 5.68. The predicted octanol–water partition coefficient (Wildman–Crippen LogP) is 1.38. The fourth-order valence-electron chi connectivity index (χ4n) is 0.927. The van der Waals surface area contributed by atoms with Crippen molar-refractivity contribution in [1.29, 1.82) is 0 Å². The first-order valence-corrected chi connectivity index (χ1v) is 4.15. The van der Waals surface area contributed by atoms with Crippen molar-refractivity contribution >= 4 is 17.6 Å². The number of rotatable bonds is 1. The number of hydrogen-bond acceptors (Lipinski definition) is 2. The standard InChI is InChI=1S/C10H7ClO3/c11-9-5-7(2-1-3-12)4-8(6-9)10(13)14/h4-6,12H,3H2,(H,13,14). The molecule has 0 bridgehead atoms. The fraction of sp³-hybridized carbons (Fsp3) is 0.100. The van der Waals surface area contributed by atoms with Crippen molar-refractivity contribution in [1.82, 2.24) is 0 Å². The molecule has 0 aliphatic heterocycles. The van der Waals surface area contributed by atoms with Gasteiger partial charge in [0.1, 0.15) is 6.61 Å². The monoisotopic (exact) mass is 210 g/mol. The fourth-order valence-corrected chi connectivity index (χ4v) is 1.16. The topological polar surface area (TPSA) is 57.5 Å². The van der Waals surface area contributed by atoms with Gasteiger partial charge in [0.25, 0.3) is 0 Å². The summed E-state index contributed by atoms with van der Waals surface area (Å²) in [6.45, 7) is -0.269. The van der Waals surface area contributed by atoms with E-state index >= 15 is 0 Å². The first-order chi connectivity index (χ1) is 6.63. The van der Waals surface area contributed by atoms with Gasteiger partial charge in [0.2, 0.25) is 0 Å². The normalized spacial score (nSPS) is 9.00. The van der Waals surface area contributed by atoms with E-state index in [0.29, 0.717) is 10.6 Å². The summed E-state index contributed by atoms with van der Waals surface area (Å²) in [6.07, 6.45) is 0. The van der Waals surface area contributed by atoms with E-state index < -0.39 is 5.97 Å². The van der Waals surface area contributed by atoms with Crippen molar-refractivity contribution < 1.29 is 15.0 Å². The Morgan fingerprint density at radius 3 is 2.71 bits per heavy atom. The van der Waals surface area contributed by atoms with Crippen LogP contribution in [0.2, 0.25) is 5.02 Å². The minimum atomic E-state index is -1.06. The third kappa shape index (κ3) is 2.77. The molecule has 0 atom stereocenters. The number of halogens is 1. The van der Waals surface area contributed by atoms with Crippen molar-refractivity contribution in [2.24, 2.45) is 0 Å². The van der Waals surface area contributed by atoms with Crippen molar-refractivity contribution in [2.75, 3.05) is 6.61 Å². The lowest BCUT2D eigenvalue weighted by atomic mass is 10.1. The Morgan fingerprint density at radius 2 is 2.14 bits per heavy atom. The minimum Gasteiger partial charge on any atom is -0.478 e. The van der Waals surface area contributed by atoms with Gasteiger partial charge in [-0.3, -0.25) is 0 Å². The minimum absolute atomic E-state index is 0.0831. The van der Waals surface area contributed by atoms with Crippen LogP contribution in [-0.2, 0) is 0 Å². The Hall–Kier alpha value is -1.50. The molecule has 1 rings (SSSR count). The molecule has 2 N–H and O–H groups in total. The van der Waals surface area contributed by atoms with Crippen LogP contribution in [0, 0.1) is 11.8 Å². The SMILES string of the molecule is O=C(O)c1cc(Cl)cc(C#CCO)c1.